The number of hydrogen-bond donors (Lipinski definition) is 1. The minimum Gasteiger partial charge on any atom is -0.486 e. The maximum atomic E-state index is 14.7. The number of anilines is 1. The van der Waals surface area contributed by atoms with E-state index in [0.29, 0.717) is 36.9 Å². The summed E-state index contributed by atoms with van der Waals surface area (Å²) in [4.78, 5) is 28.4. The monoisotopic (exact) mass is 597 g/mol. The number of benzene rings is 3. The van der Waals surface area contributed by atoms with E-state index in [4.69, 9.17) is 9.47 Å². The number of rotatable bonds is 13. The molecule has 0 aromatic heterocycles. The summed E-state index contributed by atoms with van der Waals surface area (Å²) in [5.41, 5.74) is 1.52. The first kappa shape index (κ1) is 30.8. The van der Waals surface area contributed by atoms with Crippen molar-refractivity contribution in [3.05, 3.63) is 89.7 Å². The summed E-state index contributed by atoms with van der Waals surface area (Å²) >= 11 is 0. The van der Waals surface area contributed by atoms with E-state index in [0.717, 1.165) is 11.8 Å². The first-order valence-electron chi connectivity index (χ1n) is 13.9. The van der Waals surface area contributed by atoms with Crippen LogP contribution in [0.2, 0.25) is 0 Å². The molecule has 1 aliphatic rings. The Labute approximate surface area is 246 Å². The zero-order valence-corrected chi connectivity index (χ0v) is 24.6. The summed E-state index contributed by atoms with van der Waals surface area (Å²) in [5.74, 6) is -0.231. The maximum Gasteiger partial charge on any atom is 0.243 e. The normalized spacial score (nSPS) is 13.2. The molecule has 0 spiro atoms. The lowest BCUT2D eigenvalue weighted by molar-refractivity contribution is -0.141. The van der Waals surface area contributed by atoms with Crippen molar-refractivity contribution in [1.29, 1.82) is 0 Å². The number of fused-ring (bicyclic) bond motifs is 1. The van der Waals surface area contributed by atoms with Crippen LogP contribution in [0.1, 0.15) is 30.9 Å². The number of nitrogens with zero attached hydrogens (tertiary/aromatic N) is 2. The lowest BCUT2D eigenvalue weighted by atomic mass is 10.0. The van der Waals surface area contributed by atoms with E-state index < -0.39 is 21.9 Å². The van der Waals surface area contributed by atoms with Gasteiger partial charge in [-0.3, -0.25) is 13.9 Å². The number of hydrogen-bond acceptors (Lipinski definition) is 6. The number of nitrogens with one attached hydrogen (secondary N) is 1. The number of carbonyl (C=O) groups excluding carboxylic acids is 2. The maximum absolute atomic E-state index is 14.7. The molecular formula is C31H36FN3O6S. The Morgan fingerprint density at radius 3 is 2.36 bits per heavy atom. The lowest BCUT2D eigenvalue weighted by Gasteiger charge is -2.32. The number of likely N-dealkylation sites (N-methyl/N-ethyl adjacent to an activating group) is 1. The smallest absolute Gasteiger partial charge is 0.243 e. The van der Waals surface area contributed by atoms with Gasteiger partial charge in [-0.15, -0.1) is 0 Å². The minimum atomic E-state index is -3.70. The first-order valence-corrected chi connectivity index (χ1v) is 15.7. The number of sulfonamides is 1. The molecule has 0 radical (unpaired) electrons. The van der Waals surface area contributed by atoms with Crippen LogP contribution in [0.4, 0.5) is 10.1 Å². The van der Waals surface area contributed by atoms with Crippen molar-refractivity contribution in [2.75, 3.05) is 36.9 Å². The van der Waals surface area contributed by atoms with E-state index in [1.165, 1.54) is 15.3 Å². The second-order valence-electron chi connectivity index (χ2n) is 9.98. The molecule has 1 N–H and O–H groups in total. The number of carbonyl (C=O) groups is 2. The molecule has 11 heteroatoms. The summed E-state index contributed by atoms with van der Waals surface area (Å²) in [6.07, 6.45) is 1.44. The van der Waals surface area contributed by atoms with Gasteiger partial charge in [0.15, 0.2) is 11.5 Å². The van der Waals surface area contributed by atoms with Crippen molar-refractivity contribution in [3.8, 4) is 11.5 Å². The van der Waals surface area contributed by atoms with Crippen molar-refractivity contribution in [2.24, 2.45) is 0 Å². The third-order valence-electron chi connectivity index (χ3n) is 6.89. The van der Waals surface area contributed by atoms with Crippen molar-refractivity contribution in [3.63, 3.8) is 0 Å². The lowest BCUT2D eigenvalue weighted by Crippen LogP contribution is -2.50. The standard InChI is InChI=1S/C31H36FN3O6S/c1-3-33-31(37)27(20-23-10-5-4-6-11-23)34(22-24-12-7-8-13-26(24)32)30(36)14-9-17-35(42(2,38)39)25-15-16-28-29(21-25)41-19-18-40-28/h4-8,10-13,15-16,21,27H,3,9,14,17-20,22H2,1-2H3,(H,33,37)/t27-/m0/s1. The average Bonchev–Trinajstić information content (AvgIpc) is 2.97. The highest BCUT2D eigenvalue weighted by Gasteiger charge is 2.31. The Bertz CT molecular complexity index is 1480. The van der Waals surface area contributed by atoms with Crippen molar-refractivity contribution in [1.82, 2.24) is 10.2 Å². The molecule has 0 bridgehead atoms. The predicted octanol–water partition coefficient (Wildman–Crippen LogP) is 3.92. The van der Waals surface area contributed by atoms with Gasteiger partial charge >= 0.3 is 0 Å². The van der Waals surface area contributed by atoms with Crippen molar-refractivity contribution >= 4 is 27.5 Å². The van der Waals surface area contributed by atoms with Gasteiger partial charge in [0.1, 0.15) is 25.1 Å². The molecule has 3 aromatic carbocycles. The van der Waals surface area contributed by atoms with Crippen LogP contribution in [-0.2, 0) is 32.6 Å². The number of amides is 2. The van der Waals surface area contributed by atoms with Gasteiger partial charge in [-0.1, -0.05) is 48.5 Å². The van der Waals surface area contributed by atoms with Crippen LogP contribution >= 0.6 is 0 Å². The molecule has 0 saturated carbocycles. The molecule has 2 amide bonds. The van der Waals surface area contributed by atoms with Crippen LogP contribution in [-0.4, -0.2) is 63.7 Å². The van der Waals surface area contributed by atoms with Crippen LogP contribution < -0.4 is 19.1 Å². The fourth-order valence-electron chi connectivity index (χ4n) is 4.85. The summed E-state index contributed by atoms with van der Waals surface area (Å²) in [6.45, 7) is 2.83. The Hall–Kier alpha value is -4.12. The second kappa shape index (κ2) is 14.2. The molecule has 4 rings (SSSR count). The molecular weight excluding hydrogens is 561 g/mol. The molecule has 224 valence electrons. The second-order valence-corrected chi connectivity index (χ2v) is 11.9. The fraction of sp³-hybridized carbons (Fsp3) is 0.355. The van der Waals surface area contributed by atoms with Gasteiger partial charge in [0.25, 0.3) is 0 Å². The molecule has 42 heavy (non-hydrogen) atoms. The third kappa shape index (κ3) is 8.00. The fourth-order valence-corrected chi connectivity index (χ4v) is 5.80. The topological polar surface area (TPSA) is 105 Å². The highest BCUT2D eigenvalue weighted by Crippen LogP contribution is 2.34. The zero-order valence-electron chi connectivity index (χ0n) is 23.8. The molecule has 1 heterocycles. The van der Waals surface area contributed by atoms with E-state index in [-0.39, 0.29) is 49.7 Å². The number of halogens is 1. The third-order valence-corrected chi connectivity index (χ3v) is 8.08. The summed E-state index contributed by atoms with van der Waals surface area (Å²) in [5, 5.41) is 2.81. The largest absolute Gasteiger partial charge is 0.486 e. The Morgan fingerprint density at radius 2 is 1.67 bits per heavy atom. The molecule has 0 unspecified atom stereocenters. The van der Waals surface area contributed by atoms with E-state index in [9.17, 15) is 22.4 Å². The first-order chi connectivity index (χ1) is 20.2. The predicted molar refractivity (Wildman–Crippen MR) is 158 cm³/mol. The molecule has 1 aliphatic heterocycles. The molecule has 1 atom stereocenters. The van der Waals surface area contributed by atoms with E-state index in [2.05, 4.69) is 5.32 Å². The molecule has 3 aromatic rings. The van der Waals surface area contributed by atoms with Crippen LogP contribution in [0.5, 0.6) is 11.5 Å². The van der Waals surface area contributed by atoms with Gasteiger partial charge < -0.3 is 19.7 Å². The van der Waals surface area contributed by atoms with E-state index in [1.807, 2.05) is 30.3 Å². The number of ether oxygens (including phenoxy) is 2. The highest BCUT2D eigenvalue weighted by atomic mass is 32.2. The highest BCUT2D eigenvalue weighted by molar-refractivity contribution is 7.92. The quantitative estimate of drug-likeness (QED) is 0.320. The Balaban J connectivity index is 1.56. The SMILES string of the molecule is CCNC(=O)[C@H](Cc1ccccc1)N(Cc1ccccc1F)C(=O)CCCN(c1ccc2c(c1)OCCO2)S(C)(=O)=O. The Kier molecular flexibility index (Phi) is 10.4. The van der Waals surface area contributed by atoms with Crippen LogP contribution in [0.3, 0.4) is 0 Å². The van der Waals surface area contributed by atoms with Crippen molar-refractivity contribution in [2.45, 2.75) is 38.8 Å². The molecule has 9 nitrogen and oxygen atoms in total. The van der Waals surface area contributed by atoms with Crippen LogP contribution in [0, 0.1) is 5.82 Å². The molecule has 0 aliphatic carbocycles. The van der Waals surface area contributed by atoms with Gasteiger partial charge in [-0.05, 0) is 37.1 Å². The van der Waals surface area contributed by atoms with Gasteiger partial charge in [0.2, 0.25) is 21.8 Å². The van der Waals surface area contributed by atoms with Crippen molar-refractivity contribution < 1.29 is 31.9 Å². The van der Waals surface area contributed by atoms with E-state index in [1.54, 1.807) is 43.3 Å². The van der Waals surface area contributed by atoms with E-state index >= 15 is 0 Å². The Morgan fingerprint density at radius 1 is 0.976 bits per heavy atom. The molecule has 0 saturated heterocycles. The van der Waals surface area contributed by atoms with Gasteiger partial charge in [0, 0.05) is 44.1 Å². The minimum absolute atomic E-state index is 0.0161. The summed E-state index contributed by atoms with van der Waals surface area (Å²) < 4.78 is 52.5. The van der Waals surface area contributed by atoms with Gasteiger partial charge in [-0.25, -0.2) is 12.8 Å². The summed E-state index contributed by atoms with van der Waals surface area (Å²) in [7, 11) is -3.70. The molecule has 0 fully saturated rings. The van der Waals surface area contributed by atoms with Crippen LogP contribution in [0.15, 0.2) is 72.8 Å². The zero-order chi connectivity index (χ0) is 30.1. The summed E-state index contributed by atoms with van der Waals surface area (Å²) in [6, 6.07) is 19.4. The van der Waals surface area contributed by atoms with Gasteiger partial charge in [-0.2, -0.15) is 0 Å². The van der Waals surface area contributed by atoms with Gasteiger partial charge in [0.05, 0.1) is 11.9 Å². The average molecular weight is 598 g/mol. The van der Waals surface area contributed by atoms with Crippen LogP contribution in [0.25, 0.3) is 0 Å².